The van der Waals surface area contributed by atoms with E-state index < -0.39 is 0 Å². The van der Waals surface area contributed by atoms with Crippen LogP contribution in [0.3, 0.4) is 0 Å². The van der Waals surface area contributed by atoms with Gasteiger partial charge in [0.1, 0.15) is 0 Å². The van der Waals surface area contributed by atoms with E-state index in [9.17, 15) is 5.11 Å². The fourth-order valence-corrected chi connectivity index (χ4v) is 2.19. The lowest BCUT2D eigenvalue weighted by molar-refractivity contribution is -0.966. The molecule has 2 nitrogen and oxygen atoms in total. The second-order valence-corrected chi connectivity index (χ2v) is 3.86. The van der Waals surface area contributed by atoms with E-state index in [-0.39, 0.29) is 23.2 Å². The molecule has 0 amide bonds. The number of hydrogen-bond acceptors (Lipinski definition) is 1. The molecule has 82 valence electrons. The van der Waals surface area contributed by atoms with Gasteiger partial charge in [-0.1, -0.05) is 13.2 Å². The molecule has 14 heavy (non-hydrogen) atoms. The first kappa shape index (κ1) is 13.9. The number of rotatable bonds is 4. The molecule has 0 bridgehead atoms. The lowest BCUT2D eigenvalue weighted by atomic mass is 10.1. The summed E-state index contributed by atoms with van der Waals surface area (Å²) in [5.74, 6) is 0. The van der Waals surface area contributed by atoms with Crippen LogP contribution in [0.25, 0.3) is 0 Å². The zero-order valence-corrected chi connectivity index (χ0v) is 10.2. The Morgan fingerprint density at radius 1 is 1.21 bits per heavy atom. The van der Waals surface area contributed by atoms with Gasteiger partial charge in [-0.15, -0.1) is 0 Å². The van der Waals surface area contributed by atoms with Crippen LogP contribution >= 0.6 is 0 Å². The molecule has 1 heterocycles. The van der Waals surface area contributed by atoms with E-state index in [2.05, 4.69) is 13.2 Å². The van der Waals surface area contributed by atoms with Crippen molar-refractivity contribution in [2.24, 2.45) is 0 Å². The van der Waals surface area contributed by atoms with Crippen LogP contribution in [-0.2, 0) is 0 Å². The summed E-state index contributed by atoms with van der Waals surface area (Å²) in [5.41, 5.74) is 0. The Morgan fingerprint density at radius 2 is 1.79 bits per heavy atom. The van der Waals surface area contributed by atoms with Gasteiger partial charge in [0, 0.05) is 6.42 Å². The third-order valence-electron chi connectivity index (χ3n) is 2.93. The second kappa shape index (κ2) is 6.38. The standard InChI is InChI=1S/C11H20NO.BrH/c1-3-8-12(9-4-2)10-6-5-7-11(12)13;/h3-4,11,13H,1-2,5-10H2;1H/q+1;/p-1. The van der Waals surface area contributed by atoms with Crippen molar-refractivity contribution in [2.75, 3.05) is 19.6 Å². The van der Waals surface area contributed by atoms with Gasteiger partial charge in [-0.3, -0.25) is 4.48 Å². The van der Waals surface area contributed by atoms with Crippen molar-refractivity contribution >= 4 is 0 Å². The van der Waals surface area contributed by atoms with E-state index in [1.54, 1.807) is 0 Å². The molecule has 1 aliphatic rings. The fraction of sp³-hybridized carbons (Fsp3) is 0.636. The van der Waals surface area contributed by atoms with Gasteiger partial charge < -0.3 is 22.1 Å². The number of likely N-dealkylation sites (tertiary alicyclic amines) is 1. The monoisotopic (exact) mass is 261 g/mol. The SMILES string of the molecule is C=CC[N+]1(CC=C)CCCCC1O.[Br-]. The summed E-state index contributed by atoms with van der Waals surface area (Å²) in [4.78, 5) is 0. The smallest absolute Gasteiger partial charge is 0.190 e. The third-order valence-corrected chi connectivity index (χ3v) is 2.93. The molecule has 1 fully saturated rings. The number of piperidine rings is 1. The summed E-state index contributed by atoms with van der Waals surface area (Å²) in [6.45, 7) is 10.3. The van der Waals surface area contributed by atoms with Crippen molar-refractivity contribution in [3.63, 3.8) is 0 Å². The Morgan fingerprint density at radius 3 is 2.21 bits per heavy atom. The number of quaternary nitrogens is 1. The summed E-state index contributed by atoms with van der Waals surface area (Å²) < 4.78 is 0.743. The van der Waals surface area contributed by atoms with Crippen molar-refractivity contribution < 1.29 is 26.6 Å². The molecule has 1 rings (SSSR count). The Hall–Kier alpha value is -0.120. The number of halogens is 1. The zero-order valence-electron chi connectivity index (χ0n) is 8.66. The van der Waals surface area contributed by atoms with Gasteiger partial charge in [0.2, 0.25) is 0 Å². The van der Waals surface area contributed by atoms with Crippen molar-refractivity contribution in [1.29, 1.82) is 0 Å². The average molecular weight is 262 g/mol. The minimum Gasteiger partial charge on any atom is -1.00 e. The molecular formula is C11H20BrNO. The van der Waals surface area contributed by atoms with E-state index in [1.165, 1.54) is 6.42 Å². The van der Waals surface area contributed by atoms with Crippen LogP contribution in [0.1, 0.15) is 19.3 Å². The van der Waals surface area contributed by atoms with E-state index >= 15 is 0 Å². The van der Waals surface area contributed by atoms with E-state index in [0.717, 1.165) is 37.0 Å². The average Bonchev–Trinajstić information content (AvgIpc) is 2.11. The summed E-state index contributed by atoms with van der Waals surface area (Å²) in [6.07, 6.45) is 6.86. The van der Waals surface area contributed by atoms with Crippen LogP contribution in [0.5, 0.6) is 0 Å². The normalized spacial score (nSPS) is 24.8. The molecule has 1 atom stereocenters. The molecule has 0 radical (unpaired) electrons. The maximum absolute atomic E-state index is 9.96. The molecule has 0 aromatic carbocycles. The second-order valence-electron chi connectivity index (χ2n) is 3.86. The molecule has 1 aliphatic heterocycles. The maximum atomic E-state index is 9.96. The van der Waals surface area contributed by atoms with Crippen LogP contribution in [-0.4, -0.2) is 35.5 Å². The van der Waals surface area contributed by atoms with Crippen molar-refractivity contribution in [3.8, 4) is 0 Å². The highest BCUT2D eigenvalue weighted by Crippen LogP contribution is 2.24. The lowest BCUT2D eigenvalue weighted by Gasteiger charge is -2.43. The topological polar surface area (TPSA) is 20.2 Å². The number of hydrogen-bond donors (Lipinski definition) is 1. The van der Waals surface area contributed by atoms with E-state index in [0.29, 0.717) is 0 Å². The van der Waals surface area contributed by atoms with E-state index in [4.69, 9.17) is 0 Å². The van der Waals surface area contributed by atoms with Gasteiger partial charge in [0.05, 0.1) is 19.6 Å². The third kappa shape index (κ3) is 2.94. The van der Waals surface area contributed by atoms with Gasteiger partial charge in [0.25, 0.3) is 0 Å². The van der Waals surface area contributed by atoms with Gasteiger partial charge in [-0.05, 0) is 25.0 Å². The molecule has 1 unspecified atom stereocenters. The summed E-state index contributed by atoms with van der Waals surface area (Å²) in [6, 6.07) is 0. The van der Waals surface area contributed by atoms with Crippen molar-refractivity contribution in [1.82, 2.24) is 0 Å². The van der Waals surface area contributed by atoms with Gasteiger partial charge >= 0.3 is 0 Å². The van der Waals surface area contributed by atoms with Crippen molar-refractivity contribution in [3.05, 3.63) is 25.3 Å². The summed E-state index contributed by atoms with van der Waals surface area (Å²) in [7, 11) is 0. The van der Waals surface area contributed by atoms with Gasteiger partial charge in [-0.2, -0.15) is 0 Å². The van der Waals surface area contributed by atoms with Crippen molar-refractivity contribution in [2.45, 2.75) is 25.5 Å². The molecule has 1 N–H and O–H groups in total. The van der Waals surface area contributed by atoms with Crippen LogP contribution in [0, 0.1) is 0 Å². The Kier molecular flexibility index (Phi) is 6.33. The molecule has 0 spiro atoms. The number of aliphatic hydroxyl groups excluding tert-OH is 1. The zero-order chi connectivity index (χ0) is 9.73. The van der Waals surface area contributed by atoms with Crippen LogP contribution in [0.15, 0.2) is 25.3 Å². The van der Waals surface area contributed by atoms with Crippen LogP contribution in [0.4, 0.5) is 0 Å². The first-order valence-corrected chi connectivity index (χ1v) is 5.01. The molecule has 0 aromatic rings. The minimum atomic E-state index is -0.218. The Labute approximate surface area is 97.3 Å². The largest absolute Gasteiger partial charge is 1.00 e. The highest BCUT2D eigenvalue weighted by atomic mass is 79.9. The minimum absolute atomic E-state index is 0. The van der Waals surface area contributed by atoms with Crippen LogP contribution in [0.2, 0.25) is 0 Å². The molecule has 0 aromatic heterocycles. The summed E-state index contributed by atoms with van der Waals surface area (Å²) >= 11 is 0. The maximum Gasteiger partial charge on any atom is 0.190 e. The molecular weight excluding hydrogens is 242 g/mol. The highest BCUT2D eigenvalue weighted by Gasteiger charge is 2.35. The Bertz CT molecular complexity index is 184. The predicted molar refractivity (Wildman–Crippen MR) is 55.1 cm³/mol. The van der Waals surface area contributed by atoms with Gasteiger partial charge in [0.15, 0.2) is 6.23 Å². The molecule has 0 aliphatic carbocycles. The molecule has 3 heteroatoms. The fourth-order valence-electron chi connectivity index (χ4n) is 2.19. The number of nitrogens with zero attached hydrogens (tertiary/aromatic N) is 1. The highest BCUT2D eigenvalue weighted by molar-refractivity contribution is 4.74. The first-order chi connectivity index (χ1) is 6.25. The summed E-state index contributed by atoms with van der Waals surface area (Å²) in [5, 5.41) is 9.96. The molecule has 0 saturated carbocycles. The Balaban J connectivity index is 0.00000169. The molecule has 1 saturated heterocycles. The van der Waals surface area contributed by atoms with E-state index in [1.807, 2.05) is 12.2 Å². The quantitative estimate of drug-likeness (QED) is 0.492. The lowest BCUT2D eigenvalue weighted by Crippen LogP contribution is -3.00. The predicted octanol–water partition coefficient (Wildman–Crippen LogP) is -1.32. The van der Waals surface area contributed by atoms with Gasteiger partial charge in [-0.25, -0.2) is 0 Å². The number of aliphatic hydroxyl groups is 1. The van der Waals surface area contributed by atoms with Crippen LogP contribution < -0.4 is 17.0 Å². The first-order valence-electron chi connectivity index (χ1n) is 5.01.